The average Bonchev–Trinajstić information content (AvgIpc) is 3.04. The number of benzene rings is 1. The molecule has 0 aliphatic rings. The van der Waals surface area contributed by atoms with Crippen molar-refractivity contribution in [3.63, 3.8) is 0 Å². The van der Waals surface area contributed by atoms with Crippen LogP contribution in [0.1, 0.15) is 11.3 Å². The summed E-state index contributed by atoms with van der Waals surface area (Å²) in [6.45, 7) is 3.57. The smallest absolute Gasteiger partial charge is 0.279 e. The number of pyridine rings is 1. The fourth-order valence-electron chi connectivity index (χ4n) is 2.11. The number of nitrogens with zero attached hydrogens (tertiary/aromatic N) is 2. The average molecular weight is 329 g/mol. The molecule has 1 aromatic carbocycles. The van der Waals surface area contributed by atoms with E-state index in [4.69, 9.17) is 4.42 Å². The van der Waals surface area contributed by atoms with Gasteiger partial charge in [0.05, 0.1) is 11.9 Å². The third-order valence-corrected chi connectivity index (χ3v) is 4.60. The summed E-state index contributed by atoms with van der Waals surface area (Å²) < 4.78 is 32.8. The molecular weight excluding hydrogens is 314 g/mol. The summed E-state index contributed by atoms with van der Waals surface area (Å²) in [5.74, 6) is 0.569. The maximum absolute atomic E-state index is 12.5. The number of nitrogens with one attached hydrogen (secondary N) is 1. The van der Waals surface area contributed by atoms with Crippen LogP contribution in [0.5, 0.6) is 0 Å². The molecule has 0 radical (unpaired) electrons. The number of rotatable bonds is 4. The predicted octanol–water partition coefficient (Wildman–Crippen LogP) is 3.15. The Hall–Kier alpha value is -2.67. The van der Waals surface area contributed by atoms with Crippen LogP contribution < -0.4 is 4.72 Å². The first-order valence-corrected chi connectivity index (χ1v) is 8.40. The second-order valence-corrected chi connectivity index (χ2v) is 6.75. The van der Waals surface area contributed by atoms with Gasteiger partial charge in [0.2, 0.25) is 0 Å². The Morgan fingerprint density at radius 1 is 1.13 bits per heavy atom. The zero-order valence-electron chi connectivity index (χ0n) is 12.6. The minimum absolute atomic E-state index is 0.0121. The molecule has 0 spiro atoms. The number of oxazole rings is 1. The van der Waals surface area contributed by atoms with E-state index in [9.17, 15) is 8.42 Å². The molecule has 3 rings (SSSR count). The van der Waals surface area contributed by atoms with Gasteiger partial charge in [0, 0.05) is 11.3 Å². The number of aryl methyl sites for hydroxylation is 2. The van der Waals surface area contributed by atoms with Gasteiger partial charge in [0.25, 0.3) is 10.0 Å². The minimum atomic E-state index is -3.75. The van der Waals surface area contributed by atoms with Gasteiger partial charge in [-0.2, -0.15) is 8.42 Å². The monoisotopic (exact) mass is 329 g/mol. The number of anilines is 1. The summed E-state index contributed by atoms with van der Waals surface area (Å²) in [4.78, 5) is 7.93. The van der Waals surface area contributed by atoms with Crippen LogP contribution in [0.4, 0.5) is 5.69 Å². The predicted molar refractivity (Wildman–Crippen MR) is 86.5 cm³/mol. The molecule has 1 N–H and O–H groups in total. The Balaban J connectivity index is 1.98. The third kappa shape index (κ3) is 3.24. The van der Waals surface area contributed by atoms with E-state index in [0.717, 1.165) is 11.1 Å². The SMILES string of the molecule is Cc1cccc(S(=O)(=O)Nc2cc(-c3cnco3)ccc2C)n1. The van der Waals surface area contributed by atoms with E-state index >= 15 is 0 Å². The van der Waals surface area contributed by atoms with Gasteiger partial charge in [-0.1, -0.05) is 18.2 Å². The van der Waals surface area contributed by atoms with E-state index in [1.807, 2.05) is 19.1 Å². The highest BCUT2D eigenvalue weighted by molar-refractivity contribution is 7.92. The fraction of sp³-hybridized carbons (Fsp3) is 0.125. The molecule has 6 nitrogen and oxygen atoms in total. The Morgan fingerprint density at radius 2 is 1.96 bits per heavy atom. The second kappa shape index (κ2) is 5.85. The fourth-order valence-corrected chi connectivity index (χ4v) is 3.24. The van der Waals surface area contributed by atoms with E-state index in [-0.39, 0.29) is 5.03 Å². The second-order valence-electron chi connectivity index (χ2n) is 5.12. The molecule has 0 aliphatic heterocycles. The van der Waals surface area contributed by atoms with Crippen LogP contribution in [-0.2, 0) is 10.0 Å². The molecule has 0 unspecified atom stereocenters. The molecular formula is C16H15N3O3S. The van der Waals surface area contributed by atoms with Crippen LogP contribution in [0.3, 0.4) is 0 Å². The molecule has 118 valence electrons. The maximum Gasteiger partial charge on any atom is 0.279 e. The molecule has 2 heterocycles. The first-order chi connectivity index (χ1) is 11.0. The Kier molecular flexibility index (Phi) is 3.87. The zero-order valence-corrected chi connectivity index (χ0v) is 13.5. The highest BCUT2D eigenvalue weighted by atomic mass is 32.2. The third-order valence-electron chi connectivity index (χ3n) is 3.34. The van der Waals surface area contributed by atoms with Crippen LogP contribution in [0.15, 0.2) is 58.4 Å². The number of aromatic nitrogens is 2. The standard InChI is InChI=1S/C16H15N3O3S/c1-11-6-7-13(15-9-17-10-22-15)8-14(11)19-23(20,21)16-5-3-4-12(2)18-16/h3-10,19H,1-2H3. The van der Waals surface area contributed by atoms with Crippen molar-refractivity contribution in [2.45, 2.75) is 18.9 Å². The lowest BCUT2D eigenvalue weighted by molar-refractivity contribution is 0.572. The normalized spacial score (nSPS) is 11.4. The van der Waals surface area contributed by atoms with Crippen molar-refractivity contribution >= 4 is 15.7 Å². The molecule has 0 fully saturated rings. The summed E-state index contributed by atoms with van der Waals surface area (Å²) in [6.07, 6.45) is 2.90. The number of hydrogen-bond donors (Lipinski definition) is 1. The lowest BCUT2D eigenvalue weighted by Gasteiger charge is -2.11. The first kappa shape index (κ1) is 15.2. The molecule has 0 saturated heterocycles. The highest BCUT2D eigenvalue weighted by Gasteiger charge is 2.17. The molecule has 0 aliphatic carbocycles. The summed E-state index contributed by atoms with van der Waals surface area (Å²) >= 11 is 0. The maximum atomic E-state index is 12.5. The quantitative estimate of drug-likeness (QED) is 0.794. The van der Waals surface area contributed by atoms with Crippen LogP contribution in [0, 0.1) is 13.8 Å². The molecule has 3 aromatic rings. The van der Waals surface area contributed by atoms with E-state index < -0.39 is 10.0 Å². The summed E-state index contributed by atoms with van der Waals surface area (Å²) in [5, 5.41) is -0.0121. The van der Waals surface area contributed by atoms with Crippen molar-refractivity contribution in [3.8, 4) is 11.3 Å². The Bertz CT molecular complexity index is 935. The van der Waals surface area contributed by atoms with Gasteiger partial charge in [0.1, 0.15) is 0 Å². The minimum Gasteiger partial charge on any atom is -0.444 e. The molecule has 2 aromatic heterocycles. The van der Waals surface area contributed by atoms with Crippen molar-refractivity contribution in [2.24, 2.45) is 0 Å². The van der Waals surface area contributed by atoms with Crippen molar-refractivity contribution in [2.75, 3.05) is 4.72 Å². The van der Waals surface area contributed by atoms with Crippen molar-refractivity contribution in [1.29, 1.82) is 0 Å². The van der Waals surface area contributed by atoms with Gasteiger partial charge in [-0.15, -0.1) is 0 Å². The first-order valence-electron chi connectivity index (χ1n) is 6.92. The Morgan fingerprint density at radius 3 is 2.65 bits per heavy atom. The van der Waals surface area contributed by atoms with E-state index in [2.05, 4.69) is 14.7 Å². The summed E-state index contributed by atoms with van der Waals surface area (Å²) in [6, 6.07) is 10.2. The molecule has 0 atom stereocenters. The Labute approximate surface area is 134 Å². The van der Waals surface area contributed by atoms with E-state index in [1.54, 1.807) is 31.3 Å². The molecule has 0 saturated carbocycles. The number of sulfonamides is 1. The van der Waals surface area contributed by atoms with E-state index in [0.29, 0.717) is 17.1 Å². The van der Waals surface area contributed by atoms with Gasteiger partial charge in [-0.05, 0) is 37.6 Å². The molecule has 23 heavy (non-hydrogen) atoms. The van der Waals surface area contributed by atoms with Gasteiger partial charge in [0.15, 0.2) is 17.2 Å². The van der Waals surface area contributed by atoms with Crippen molar-refractivity contribution in [1.82, 2.24) is 9.97 Å². The van der Waals surface area contributed by atoms with Gasteiger partial charge >= 0.3 is 0 Å². The molecule has 7 heteroatoms. The lowest BCUT2D eigenvalue weighted by atomic mass is 10.1. The van der Waals surface area contributed by atoms with Crippen molar-refractivity contribution < 1.29 is 12.8 Å². The summed E-state index contributed by atoms with van der Waals surface area (Å²) in [5.41, 5.74) is 2.65. The molecule has 0 bridgehead atoms. The van der Waals surface area contributed by atoms with Gasteiger partial charge in [-0.25, -0.2) is 9.97 Å². The van der Waals surface area contributed by atoms with Crippen LogP contribution in [-0.4, -0.2) is 18.4 Å². The van der Waals surface area contributed by atoms with E-state index in [1.165, 1.54) is 12.5 Å². The lowest BCUT2D eigenvalue weighted by Crippen LogP contribution is -2.15. The van der Waals surface area contributed by atoms with Crippen molar-refractivity contribution in [3.05, 3.63) is 60.2 Å². The van der Waals surface area contributed by atoms with Crippen LogP contribution in [0.2, 0.25) is 0 Å². The topological polar surface area (TPSA) is 85.1 Å². The number of hydrogen-bond acceptors (Lipinski definition) is 5. The summed E-state index contributed by atoms with van der Waals surface area (Å²) in [7, 11) is -3.75. The zero-order chi connectivity index (χ0) is 16.4. The molecule has 0 amide bonds. The largest absolute Gasteiger partial charge is 0.444 e. The van der Waals surface area contributed by atoms with Gasteiger partial charge < -0.3 is 4.42 Å². The van der Waals surface area contributed by atoms with Gasteiger partial charge in [-0.3, -0.25) is 4.72 Å². The van der Waals surface area contributed by atoms with Crippen LogP contribution >= 0.6 is 0 Å². The highest BCUT2D eigenvalue weighted by Crippen LogP contribution is 2.26. The van der Waals surface area contributed by atoms with Crippen LogP contribution in [0.25, 0.3) is 11.3 Å².